The van der Waals surface area contributed by atoms with Crippen molar-refractivity contribution in [3.8, 4) is 5.75 Å². The van der Waals surface area contributed by atoms with Crippen molar-refractivity contribution < 1.29 is 13.5 Å². The Morgan fingerprint density at radius 1 is 1.10 bits per heavy atom. The molecule has 0 radical (unpaired) electrons. The van der Waals surface area contributed by atoms with Crippen molar-refractivity contribution in [3.63, 3.8) is 0 Å². The zero-order valence-corrected chi connectivity index (χ0v) is 12.2. The zero-order chi connectivity index (χ0) is 15.2. The summed E-state index contributed by atoms with van der Waals surface area (Å²) >= 11 is 0. The second-order valence-electron chi connectivity index (χ2n) is 4.83. The topological polar surface area (TPSA) is 21.3 Å². The standard InChI is InChI=1S/C17H19F2NO/c1-3-21-16-6-4-5-13(10-16)17(20-2)9-12-7-14(18)11-15(19)8-12/h4-8,10-11,17,20H,3,9H2,1-2H3. The van der Waals surface area contributed by atoms with Crippen LogP contribution in [0.15, 0.2) is 42.5 Å². The van der Waals surface area contributed by atoms with Crippen LogP contribution in [0.4, 0.5) is 8.78 Å². The molecule has 0 aliphatic carbocycles. The summed E-state index contributed by atoms with van der Waals surface area (Å²) in [5.41, 5.74) is 1.64. The predicted molar refractivity (Wildman–Crippen MR) is 79.5 cm³/mol. The Bertz CT molecular complexity index is 581. The molecule has 0 aromatic heterocycles. The molecule has 0 spiro atoms. The highest BCUT2D eigenvalue weighted by molar-refractivity contribution is 5.32. The molecule has 0 amide bonds. The second-order valence-corrected chi connectivity index (χ2v) is 4.83. The van der Waals surface area contributed by atoms with E-state index in [9.17, 15) is 8.78 Å². The van der Waals surface area contributed by atoms with Gasteiger partial charge in [0.1, 0.15) is 17.4 Å². The van der Waals surface area contributed by atoms with Crippen LogP contribution < -0.4 is 10.1 Å². The number of ether oxygens (including phenoxy) is 1. The molecule has 0 saturated carbocycles. The third-order valence-electron chi connectivity index (χ3n) is 3.28. The summed E-state index contributed by atoms with van der Waals surface area (Å²) in [4.78, 5) is 0. The van der Waals surface area contributed by atoms with E-state index in [0.717, 1.165) is 17.4 Å². The largest absolute Gasteiger partial charge is 0.494 e. The fourth-order valence-electron chi connectivity index (χ4n) is 2.34. The van der Waals surface area contributed by atoms with Crippen molar-refractivity contribution in [1.82, 2.24) is 5.32 Å². The van der Waals surface area contributed by atoms with Gasteiger partial charge in [0.05, 0.1) is 6.61 Å². The minimum atomic E-state index is -0.553. The predicted octanol–water partition coefficient (Wildman–Crippen LogP) is 3.87. The Morgan fingerprint density at radius 3 is 2.43 bits per heavy atom. The first-order valence-corrected chi connectivity index (χ1v) is 6.97. The summed E-state index contributed by atoms with van der Waals surface area (Å²) in [7, 11) is 1.83. The van der Waals surface area contributed by atoms with Crippen molar-refractivity contribution in [2.45, 2.75) is 19.4 Å². The molecule has 4 heteroatoms. The molecule has 0 bridgehead atoms. The van der Waals surface area contributed by atoms with Gasteiger partial charge in [-0.2, -0.15) is 0 Å². The molecule has 1 unspecified atom stereocenters. The van der Waals surface area contributed by atoms with Crippen LogP contribution in [0.1, 0.15) is 24.1 Å². The normalized spacial score (nSPS) is 12.2. The average molecular weight is 291 g/mol. The quantitative estimate of drug-likeness (QED) is 0.872. The van der Waals surface area contributed by atoms with E-state index in [1.807, 2.05) is 38.2 Å². The van der Waals surface area contributed by atoms with Gasteiger partial charge in [-0.3, -0.25) is 0 Å². The van der Waals surface area contributed by atoms with Gasteiger partial charge in [0.15, 0.2) is 0 Å². The van der Waals surface area contributed by atoms with Gasteiger partial charge < -0.3 is 10.1 Å². The Balaban J connectivity index is 2.21. The Labute approximate surface area is 123 Å². The van der Waals surface area contributed by atoms with Gasteiger partial charge in [0, 0.05) is 12.1 Å². The number of nitrogens with one attached hydrogen (secondary N) is 1. The number of rotatable bonds is 6. The molecule has 0 aliphatic rings. The molecule has 21 heavy (non-hydrogen) atoms. The van der Waals surface area contributed by atoms with Gasteiger partial charge in [-0.05, 0) is 55.8 Å². The lowest BCUT2D eigenvalue weighted by Crippen LogP contribution is -2.19. The summed E-state index contributed by atoms with van der Waals surface area (Å²) < 4.78 is 32.0. The molecule has 2 aromatic rings. The smallest absolute Gasteiger partial charge is 0.126 e. The highest BCUT2D eigenvalue weighted by Crippen LogP contribution is 2.23. The van der Waals surface area contributed by atoms with E-state index in [2.05, 4.69) is 5.32 Å². The molecule has 112 valence electrons. The minimum Gasteiger partial charge on any atom is -0.494 e. The molecule has 2 nitrogen and oxygen atoms in total. The average Bonchev–Trinajstić information content (AvgIpc) is 2.44. The van der Waals surface area contributed by atoms with Crippen molar-refractivity contribution >= 4 is 0 Å². The first-order chi connectivity index (χ1) is 10.1. The third-order valence-corrected chi connectivity index (χ3v) is 3.28. The SMILES string of the molecule is CCOc1cccc(C(Cc2cc(F)cc(F)c2)NC)c1. The van der Waals surface area contributed by atoms with Crippen LogP contribution in [0, 0.1) is 11.6 Å². The van der Waals surface area contributed by atoms with Crippen LogP contribution in [-0.4, -0.2) is 13.7 Å². The van der Waals surface area contributed by atoms with Crippen molar-refractivity contribution in [2.24, 2.45) is 0 Å². The van der Waals surface area contributed by atoms with E-state index in [4.69, 9.17) is 4.74 Å². The molecule has 0 fully saturated rings. The van der Waals surface area contributed by atoms with Crippen LogP contribution in [0.5, 0.6) is 5.75 Å². The van der Waals surface area contributed by atoms with E-state index >= 15 is 0 Å². The Morgan fingerprint density at radius 2 is 1.81 bits per heavy atom. The lowest BCUT2D eigenvalue weighted by molar-refractivity contribution is 0.339. The number of likely N-dealkylation sites (N-methyl/N-ethyl adjacent to an activating group) is 1. The first-order valence-electron chi connectivity index (χ1n) is 6.97. The summed E-state index contributed by atoms with van der Waals surface area (Å²) in [5, 5.41) is 3.17. The molecule has 0 aliphatic heterocycles. The van der Waals surface area contributed by atoms with E-state index in [-0.39, 0.29) is 6.04 Å². The maximum Gasteiger partial charge on any atom is 0.126 e. The molecule has 2 aromatic carbocycles. The van der Waals surface area contributed by atoms with Gasteiger partial charge >= 0.3 is 0 Å². The van der Waals surface area contributed by atoms with Crippen LogP contribution in [0.3, 0.4) is 0 Å². The molecule has 0 saturated heterocycles. The van der Waals surface area contributed by atoms with Gasteiger partial charge in [0.2, 0.25) is 0 Å². The lowest BCUT2D eigenvalue weighted by Gasteiger charge is -2.18. The van der Waals surface area contributed by atoms with Crippen molar-refractivity contribution in [2.75, 3.05) is 13.7 Å². The number of halogens is 2. The summed E-state index contributed by atoms with van der Waals surface area (Å²) in [6, 6.07) is 11.3. The van der Waals surface area contributed by atoms with Crippen molar-refractivity contribution in [3.05, 3.63) is 65.2 Å². The van der Waals surface area contributed by atoms with Gasteiger partial charge in [-0.25, -0.2) is 8.78 Å². The molecule has 2 rings (SSSR count). The zero-order valence-electron chi connectivity index (χ0n) is 12.2. The van der Waals surface area contributed by atoms with Crippen LogP contribution >= 0.6 is 0 Å². The van der Waals surface area contributed by atoms with Gasteiger partial charge in [-0.1, -0.05) is 12.1 Å². The minimum absolute atomic E-state index is 0.0355. The molecule has 1 N–H and O–H groups in total. The van der Waals surface area contributed by atoms with Gasteiger partial charge in [0.25, 0.3) is 0 Å². The van der Waals surface area contributed by atoms with Crippen LogP contribution in [0.25, 0.3) is 0 Å². The maximum atomic E-state index is 13.3. The van der Waals surface area contributed by atoms with Crippen molar-refractivity contribution in [1.29, 1.82) is 0 Å². The van der Waals surface area contributed by atoms with E-state index in [1.165, 1.54) is 12.1 Å². The molecule has 1 atom stereocenters. The highest BCUT2D eigenvalue weighted by Gasteiger charge is 2.12. The molecular formula is C17H19F2NO. The summed E-state index contributed by atoms with van der Waals surface area (Å²) in [6.07, 6.45) is 0.501. The summed E-state index contributed by atoms with van der Waals surface area (Å²) in [5.74, 6) is -0.313. The highest BCUT2D eigenvalue weighted by atomic mass is 19.1. The Hall–Kier alpha value is -1.94. The lowest BCUT2D eigenvalue weighted by atomic mass is 9.98. The molecular weight excluding hydrogens is 272 g/mol. The first kappa shape index (κ1) is 15.4. The van der Waals surface area contributed by atoms with Crippen LogP contribution in [0.2, 0.25) is 0 Å². The second kappa shape index (κ2) is 7.18. The fraction of sp³-hybridized carbons (Fsp3) is 0.294. The molecule has 0 heterocycles. The fourth-order valence-corrected chi connectivity index (χ4v) is 2.34. The third kappa shape index (κ3) is 4.26. The van der Waals surface area contributed by atoms with Crippen LogP contribution in [-0.2, 0) is 6.42 Å². The monoisotopic (exact) mass is 291 g/mol. The number of hydrogen-bond acceptors (Lipinski definition) is 2. The maximum absolute atomic E-state index is 13.3. The number of hydrogen-bond donors (Lipinski definition) is 1. The Kier molecular flexibility index (Phi) is 5.28. The van der Waals surface area contributed by atoms with E-state index in [0.29, 0.717) is 18.6 Å². The van der Waals surface area contributed by atoms with E-state index in [1.54, 1.807) is 0 Å². The number of benzene rings is 2. The van der Waals surface area contributed by atoms with Gasteiger partial charge in [-0.15, -0.1) is 0 Å². The summed E-state index contributed by atoms with van der Waals surface area (Å²) in [6.45, 7) is 2.53. The van der Waals surface area contributed by atoms with E-state index < -0.39 is 11.6 Å².